The number of hydrogen-bond acceptors (Lipinski definition) is 4. The van der Waals surface area contributed by atoms with E-state index in [4.69, 9.17) is 0 Å². The van der Waals surface area contributed by atoms with Gasteiger partial charge in [0.2, 0.25) is 11.8 Å². The zero-order valence-corrected chi connectivity index (χ0v) is 18.4. The zero-order chi connectivity index (χ0) is 22.4. The van der Waals surface area contributed by atoms with E-state index in [1.165, 1.54) is 0 Å². The molecule has 0 atom stereocenters. The van der Waals surface area contributed by atoms with Crippen molar-refractivity contribution >= 4 is 34.8 Å². The lowest BCUT2D eigenvalue weighted by molar-refractivity contribution is -0.117. The van der Waals surface area contributed by atoms with Gasteiger partial charge in [0.1, 0.15) is 0 Å². The van der Waals surface area contributed by atoms with E-state index in [1.54, 1.807) is 29.2 Å². The topological polar surface area (TPSA) is 81.8 Å². The van der Waals surface area contributed by atoms with E-state index in [1.807, 2.05) is 43.9 Å². The van der Waals surface area contributed by atoms with Gasteiger partial charge in [0.15, 0.2) is 0 Å². The summed E-state index contributed by atoms with van der Waals surface area (Å²) in [7, 11) is 0. The molecule has 31 heavy (non-hydrogen) atoms. The molecule has 7 nitrogen and oxygen atoms in total. The van der Waals surface area contributed by atoms with Crippen LogP contribution in [0, 0.1) is 6.92 Å². The number of carbonyl (C=O) groups is 3. The van der Waals surface area contributed by atoms with Gasteiger partial charge >= 0.3 is 0 Å². The highest BCUT2D eigenvalue weighted by atomic mass is 16.2. The summed E-state index contributed by atoms with van der Waals surface area (Å²) in [4.78, 5) is 40.4. The second-order valence-corrected chi connectivity index (χ2v) is 7.56. The number of hydrogen-bond donors (Lipinski definition) is 2. The summed E-state index contributed by atoms with van der Waals surface area (Å²) < 4.78 is 0. The van der Waals surface area contributed by atoms with Crippen LogP contribution in [0.5, 0.6) is 0 Å². The SMILES string of the molecule is CCN(CC)C(=O)c1ccc(NC(=O)CNc2cccc(N3CCCC3=O)c2C)cc1. The summed E-state index contributed by atoms with van der Waals surface area (Å²) in [6.07, 6.45) is 1.45. The molecule has 0 radical (unpaired) electrons. The fraction of sp³-hybridized carbons (Fsp3) is 0.375. The summed E-state index contributed by atoms with van der Waals surface area (Å²) in [5.41, 5.74) is 3.90. The van der Waals surface area contributed by atoms with E-state index >= 15 is 0 Å². The third kappa shape index (κ3) is 5.23. The minimum absolute atomic E-state index is 0.0172. The molecule has 0 aliphatic carbocycles. The monoisotopic (exact) mass is 422 g/mol. The maximum absolute atomic E-state index is 12.4. The molecular formula is C24H30N4O3. The Morgan fingerprint density at radius 1 is 1.06 bits per heavy atom. The van der Waals surface area contributed by atoms with Crippen LogP contribution in [0.2, 0.25) is 0 Å². The molecule has 7 heteroatoms. The predicted molar refractivity (Wildman–Crippen MR) is 124 cm³/mol. The summed E-state index contributed by atoms with van der Waals surface area (Å²) in [5.74, 6) is -0.0674. The normalized spacial score (nSPS) is 13.3. The minimum atomic E-state index is -0.190. The quantitative estimate of drug-likeness (QED) is 0.680. The van der Waals surface area contributed by atoms with Gasteiger partial charge in [-0.1, -0.05) is 6.07 Å². The van der Waals surface area contributed by atoms with Gasteiger partial charge < -0.3 is 20.4 Å². The molecule has 1 aliphatic heterocycles. The Labute approximate surface area is 183 Å². The summed E-state index contributed by atoms with van der Waals surface area (Å²) in [5, 5.41) is 6.00. The number of nitrogens with zero attached hydrogens (tertiary/aromatic N) is 2. The van der Waals surface area contributed by atoms with Crippen molar-refractivity contribution in [2.75, 3.05) is 41.7 Å². The maximum atomic E-state index is 12.4. The van der Waals surface area contributed by atoms with Crippen LogP contribution >= 0.6 is 0 Å². The molecule has 0 aromatic heterocycles. The smallest absolute Gasteiger partial charge is 0.253 e. The average Bonchev–Trinajstić information content (AvgIpc) is 3.20. The number of amides is 3. The highest BCUT2D eigenvalue weighted by molar-refractivity contribution is 5.98. The molecular weight excluding hydrogens is 392 g/mol. The van der Waals surface area contributed by atoms with Crippen LogP contribution in [-0.2, 0) is 9.59 Å². The first-order chi connectivity index (χ1) is 14.9. The van der Waals surface area contributed by atoms with Gasteiger partial charge in [-0.3, -0.25) is 14.4 Å². The van der Waals surface area contributed by atoms with E-state index in [0.29, 0.717) is 30.8 Å². The van der Waals surface area contributed by atoms with Crippen LogP contribution in [0.25, 0.3) is 0 Å². The van der Waals surface area contributed by atoms with Crippen LogP contribution in [0.1, 0.15) is 42.6 Å². The molecule has 2 N–H and O–H groups in total. The Kier molecular flexibility index (Phi) is 7.28. The van der Waals surface area contributed by atoms with Gasteiger partial charge in [-0.2, -0.15) is 0 Å². The van der Waals surface area contributed by atoms with Crippen LogP contribution in [0.3, 0.4) is 0 Å². The Balaban J connectivity index is 1.58. The second kappa shape index (κ2) is 10.1. The fourth-order valence-electron chi connectivity index (χ4n) is 3.78. The lowest BCUT2D eigenvalue weighted by atomic mass is 10.1. The van der Waals surface area contributed by atoms with Gasteiger partial charge in [0.05, 0.1) is 6.54 Å². The van der Waals surface area contributed by atoms with Gasteiger partial charge in [-0.05, 0) is 69.2 Å². The standard InChI is InChI=1S/C24H30N4O3/c1-4-27(5-2)24(31)18-11-13-19(14-12-18)26-22(29)16-25-20-8-6-9-21(17(20)3)28-15-7-10-23(28)30/h6,8-9,11-14,25H,4-5,7,10,15-16H2,1-3H3,(H,26,29). The molecule has 0 unspecified atom stereocenters. The Bertz CT molecular complexity index is 952. The number of anilines is 3. The van der Waals surface area contributed by atoms with Crippen molar-refractivity contribution in [2.45, 2.75) is 33.6 Å². The van der Waals surface area contributed by atoms with Crippen molar-refractivity contribution < 1.29 is 14.4 Å². The largest absolute Gasteiger partial charge is 0.376 e. The van der Waals surface area contributed by atoms with Crippen LogP contribution < -0.4 is 15.5 Å². The molecule has 0 spiro atoms. The summed E-state index contributed by atoms with van der Waals surface area (Å²) in [6, 6.07) is 12.7. The third-order valence-corrected chi connectivity index (χ3v) is 5.58. The number of carbonyl (C=O) groups excluding carboxylic acids is 3. The molecule has 1 aliphatic rings. The highest BCUT2D eigenvalue weighted by Crippen LogP contribution is 2.29. The third-order valence-electron chi connectivity index (χ3n) is 5.58. The van der Waals surface area contributed by atoms with Gasteiger partial charge in [0, 0.05) is 48.7 Å². The van der Waals surface area contributed by atoms with Crippen molar-refractivity contribution in [3.05, 3.63) is 53.6 Å². The first-order valence-corrected chi connectivity index (χ1v) is 10.8. The van der Waals surface area contributed by atoms with Crippen LogP contribution in [-0.4, -0.2) is 48.8 Å². The van der Waals surface area contributed by atoms with Crippen molar-refractivity contribution in [2.24, 2.45) is 0 Å². The first-order valence-electron chi connectivity index (χ1n) is 10.8. The lowest BCUT2D eigenvalue weighted by Gasteiger charge is -2.20. The van der Waals surface area contributed by atoms with E-state index in [9.17, 15) is 14.4 Å². The van der Waals surface area contributed by atoms with Crippen molar-refractivity contribution in [3.63, 3.8) is 0 Å². The summed E-state index contributed by atoms with van der Waals surface area (Å²) in [6.45, 7) is 7.99. The van der Waals surface area contributed by atoms with Crippen molar-refractivity contribution in [1.82, 2.24) is 4.90 Å². The first kappa shape index (κ1) is 22.3. The molecule has 3 amide bonds. The fourth-order valence-corrected chi connectivity index (χ4v) is 3.78. The zero-order valence-electron chi connectivity index (χ0n) is 18.4. The lowest BCUT2D eigenvalue weighted by Crippen LogP contribution is -2.30. The van der Waals surface area contributed by atoms with Crippen molar-refractivity contribution in [3.8, 4) is 0 Å². The molecule has 2 aromatic rings. The average molecular weight is 423 g/mol. The Morgan fingerprint density at radius 2 is 1.77 bits per heavy atom. The second-order valence-electron chi connectivity index (χ2n) is 7.56. The van der Waals surface area contributed by atoms with Crippen LogP contribution in [0.15, 0.2) is 42.5 Å². The molecule has 0 saturated carbocycles. The van der Waals surface area contributed by atoms with E-state index in [2.05, 4.69) is 10.6 Å². The number of benzene rings is 2. The molecule has 1 heterocycles. The van der Waals surface area contributed by atoms with E-state index < -0.39 is 0 Å². The van der Waals surface area contributed by atoms with E-state index in [0.717, 1.165) is 29.9 Å². The van der Waals surface area contributed by atoms with Gasteiger partial charge in [-0.15, -0.1) is 0 Å². The molecule has 3 rings (SSSR count). The molecule has 2 aromatic carbocycles. The molecule has 164 valence electrons. The molecule has 1 fully saturated rings. The van der Waals surface area contributed by atoms with E-state index in [-0.39, 0.29) is 24.3 Å². The predicted octanol–water partition coefficient (Wildman–Crippen LogP) is 3.65. The Hall–Kier alpha value is -3.35. The van der Waals surface area contributed by atoms with Crippen molar-refractivity contribution in [1.29, 1.82) is 0 Å². The summed E-state index contributed by atoms with van der Waals surface area (Å²) >= 11 is 0. The van der Waals surface area contributed by atoms with Crippen LogP contribution in [0.4, 0.5) is 17.1 Å². The van der Waals surface area contributed by atoms with Gasteiger partial charge in [0.25, 0.3) is 5.91 Å². The number of rotatable bonds is 8. The highest BCUT2D eigenvalue weighted by Gasteiger charge is 2.23. The van der Waals surface area contributed by atoms with Gasteiger partial charge in [-0.25, -0.2) is 0 Å². The molecule has 0 bridgehead atoms. The Morgan fingerprint density at radius 3 is 2.39 bits per heavy atom. The minimum Gasteiger partial charge on any atom is -0.376 e. The molecule has 1 saturated heterocycles. The maximum Gasteiger partial charge on any atom is 0.253 e. The number of nitrogens with one attached hydrogen (secondary N) is 2.